The topological polar surface area (TPSA) is 46.5 Å². The molecule has 0 aliphatic carbocycles. The zero-order chi connectivity index (χ0) is 9.40. The third-order valence-corrected chi connectivity index (χ3v) is 1.54. The minimum absolute atomic E-state index is 0.153. The smallest absolute Gasteiger partial charge is 0.333 e. The first-order valence-electron chi connectivity index (χ1n) is 4.13. The normalized spacial score (nSPS) is 11.4. The lowest BCUT2D eigenvalue weighted by molar-refractivity contribution is -0.139. The van der Waals surface area contributed by atoms with Crippen LogP contribution in [0.15, 0.2) is 11.6 Å². The Bertz CT molecular complexity index is 161. The standard InChI is InChI=1S/C9H16O3/c1-3-8(2)9(11)12-7-5-4-6-10/h3,10H,4-7H2,1-2H3. The van der Waals surface area contributed by atoms with Crippen molar-refractivity contribution in [3.05, 3.63) is 11.6 Å². The molecule has 3 heteroatoms. The van der Waals surface area contributed by atoms with E-state index >= 15 is 0 Å². The number of unbranched alkanes of at least 4 members (excludes halogenated alkanes) is 1. The minimum atomic E-state index is -0.268. The third-order valence-electron chi connectivity index (χ3n) is 1.54. The van der Waals surface area contributed by atoms with E-state index in [0.29, 0.717) is 18.6 Å². The fourth-order valence-electron chi connectivity index (χ4n) is 0.610. The lowest BCUT2D eigenvalue weighted by Gasteiger charge is -2.02. The van der Waals surface area contributed by atoms with Crippen LogP contribution in [0.25, 0.3) is 0 Å². The predicted octanol–water partition coefficient (Wildman–Crippen LogP) is 1.27. The highest BCUT2D eigenvalue weighted by atomic mass is 16.5. The summed E-state index contributed by atoms with van der Waals surface area (Å²) >= 11 is 0. The van der Waals surface area contributed by atoms with Crippen LogP contribution in [0.2, 0.25) is 0 Å². The summed E-state index contributed by atoms with van der Waals surface area (Å²) in [4.78, 5) is 11.0. The number of aliphatic hydroxyl groups excluding tert-OH is 1. The number of rotatable bonds is 5. The van der Waals surface area contributed by atoms with Gasteiger partial charge in [0.25, 0.3) is 0 Å². The van der Waals surface area contributed by atoms with Gasteiger partial charge in [-0.25, -0.2) is 4.79 Å². The summed E-state index contributed by atoms with van der Waals surface area (Å²) in [5.74, 6) is -0.268. The summed E-state index contributed by atoms with van der Waals surface area (Å²) in [5, 5.41) is 8.43. The van der Waals surface area contributed by atoms with E-state index in [1.54, 1.807) is 19.9 Å². The summed E-state index contributed by atoms with van der Waals surface area (Å²) in [5.41, 5.74) is 0.624. The van der Waals surface area contributed by atoms with Crippen LogP contribution in [0, 0.1) is 0 Å². The van der Waals surface area contributed by atoms with Gasteiger partial charge in [0.15, 0.2) is 0 Å². The van der Waals surface area contributed by atoms with Gasteiger partial charge in [-0.15, -0.1) is 0 Å². The van der Waals surface area contributed by atoms with E-state index in [0.717, 1.165) is 6.42 Å². The minimum Gasteiger partial charge on any atom is -0.462 e. The molecular formula is C9H16O3. The molecule has 12 heavy (non-hydrogen) atoms. The Morgan fingerprint density at radius 3 is 2.67 bits per heavy atom. The van der Waals surface area contributed by atoms with Gasteiger partial charge in [-0.1, -0.05) is 6.08 Å². The number of allylic oxidation sites excluding steroid dienone is 1. The lowest BCUT2D eigenvalue weighted by Crippen LogP contribution is -2.07. The van der Waals surface area contributed by atoms with E-state index in [1.165, 1.54) is 0 Å². The van der Waals surface area contributed by atoms with Crippen molar-refractivity contribution < 1.29 is 14.6 Å². The number of esters is 1. The van der Waals surface area contributed by atoms with Gasteiger partial charge in [0.05, 0.1) is 6.61 Å². The first-order valence-corrected chi connectivity index (χ1v) is 4.13. The zero-order valence-electron chi connectivity index (χ0n) is 7.67. The quantitative estimate of drug-likeness (QED) is 0.386. The highest BCUT2D eigenvalue weighted by Gasteiger charge is 2.02. The van der Waals surface area contributed by atoms with Crippen LogP contribution < -0.4 is 0 Å². The average Bonchev–Trinajstić information content (AvgIpc) is 2.10. The molecule has 70 valence electrons. The summed E-state index contributed by atoms with van der Waals surface area (Å²) in [6, 6.07) is 0. The average molecular weight is 172 g/mol. The van der Waals surface area contributed by atoms with Gasteiger partial charge in [0.2, 0.25) is 0 Å². The highest BCUT2D eigenvalue weighted by molar-refractivity contribution is 5.87. The van der Waals surface area contributed by atoms with Gasteiger partial charge in [-0.05, 0) is 26.7 Å². The Hall–Kier alpha value is -0.830. The van der Waals surface area contributed by atoms with E-state index in [9.17, 15) is 4.79 Å². The molecule has 1 N–H and O–H groups in total. The largest absolute Gasteiger partial charge is 0.462 e. The number of hydrogen-bond donors (Lipinski definition) is 1. The Morgan fingerprint density at radius 1 is 1.50 bits per heavy atom. The number of carbonyl (C=O) groups excluding carboxylic acids is 1. The SMILES string of the molecule is CC=C(C)C(=O)OCCCCO. The molecule has 0 aromatic carbocycles. The second-order valence-electron chi connectivity index (χ2n) is 2.54. The first kappa shape index (κ1) is 11.2. The van der Waals surface area contributed by atoms with E-state index in [4.69, 9.17) is 9.84 Å². The lowest BCUT2D eigenvalue weighted by atomic mass is 10.3. The summed E-state index contributed by atoms with van der Waals surface area (Å²) in [7, 11) is 0. The molecule has 0 bridgehead atoms. The molecule has 0 aromatic rings. The van der Waals surface area contributed by atoms with Crippen LogP contribution >= 0.6 is 0 Å². The van der Waals surface area contributed by atoms with Crippen LogP contribution in [-0.4, -0.2) is 24.3 Å². The summed E-state index contributed by atoms with van der Waals surface area (Å²) in [6.45, 7) is 4.06. The van der Waals surface area contributed by atoms with Crippen molar-refractivity contribution in [2.24, 2.45) is 0 Å². The van der Waals surface area contributed by atoms with Crippen LogP contribution in [0.5, 0.6) is 0 Å². The van der Waals surface area contributed by atoms with Gasteiger partial charge in [-0.3, -0.25) is 0 Å². The number of ether oxygens (including phenoxy) is 1. The monoisotopic (exact) mass is 172 g/mol. The van der Waals surface area contributed by atoms with Crippen molar-refractivity contribution in [1.29, 1.82) is 0 Å². The van der Waals surface area contributed by atoms with Gasteiger partial charge in [0, 0.05) is 12.2 Å². The van der Waals surface area contributed by atoms with E-state index in [2.05, 4.69) is 0 Å². The van der Waals surface area contributed by atoms with Crippen molar-refractivity contribution in [1.82, 2.24) is 0 Å². The maximum absolute atomic E-state index is 11.0. The molecule has 0 rings (SSSR count). The molecule has 0 aromatic heterocycles. The van der Waals surface area contributed by atoms with E-state index < -0.39 is 0 Å². The molecule has 0 saturated heterocycles. The molecule has 0 spiro atoms. The Morgan fingerprint density at radius 2 is 2.17 bits per heavy atom. The molecule has 0 fully saturated rings. The second kappa shape index (κ2) is 6.85. The van der Waals surface area contributed by atoms with Crippen molar-refractivity contribution in [2.45, 2.75) is 26.7 Å². The molecule has 0 radical (unpaired) electrons. The first-order chi connectivity index (χ1) is 5.72. The van der Waals surface area contributed by atoms with Crippen molar-refractivity contribution in [2.75, 3.05) is 13.2 Å². The maximum atomic E-state index is 11.0. The molecule has 0 heterocycles. The third kappa shape index (κ3) is 4.91. The van der Waals surface area contributed by atoms with Crippen molar-refractivity contribution >= 4 is 5.97 Å². The van der Waals surface area contributed by atoms with Gasteiger partial charge in [-0.2, -0.15) is 0 Å². The van der Waals surface area contributed by atoms with Crippen LogP contribution in [0.1, 0.15) is 26.7 Å². The van der Waals surface area contributed by atoms with Crippen molar-refractivity contribution in [3.8, 4) is 0 Å². The number of hydrogen-bond acceptors (Lipinski definition) is 3. The van der Waals surface area contributed by atoms with Gasteiger partial charge in [0.1, 0.15) is 0 Å². The van der Waals surface area contributed by atoms with Crippen molar-refractivity contribution in [3.63, 3.8) is 0 Å². The Kier molecular flexibility index (Phi) is 6.38. The molecular weight excluding hydrogens is 156 g/mol. The van der Waals surface area contributed by atoms with Crippen LogP contribution in [0.4, 0.5) is 0 Å². The molecule has 0 unspecified atom stereocenters. The molecule has 0 aliphatic rings. The molecule has 0 aliphatic heterocycles. The van der Waals surface area contributed by atoms with Gasteiger partial charge >= 0.3 is 5.97 Å². The zero-order valence-corrected chi connectivity index (χ0v) is 7.67. The van der Waals surface area contributed by atoms with Gasteiger partial charge < -0.3 is 9.84 Å². The molecule has 3 nitrogen and oxygen atoms in total. The Balaban J connectivity index is 3.45. The maximum Gasteiger partial charge on any atom is 0.333 e. The van der Waals surface area contributed by atoms with E-state index in [1.807, 2.05) is 0 Å². The Labute approximate surface area is 73.0 Å². The fourth-order valence-corrected chi connectivity index (χ4v) is 0.610. The molecule has 0 amide bonds. The second-order valence-corrected chi connectivity index (χ2v) is 2.54. The summed E-state index contributed by atoms with van der Waals surface area (Å²) in [6.07, 6.45) is 3.12. The summed E-state index contributed by atoms with van der Waals surface area (Å²) < 4.78 is 4.88. The van der Waals surface area contributed by atoms with Crippen LogP contribution in [-0.2, 0) is 9.53 Å². The van der Waals surface area contributed by atoms with Crippen LogP contribution in [0.3, 0.4) is 0 Å². The fraction of sp³-hybridized carbons (Fsp3) is 0.667. The number of carbonyl (C=O) groups is 1. The molecule has 0 atom stereocenters. The predicted molar refractivity (Wildman–Crippen MR) is 46.7 cm³/mol. The molecule has 0 saturated carbocycles. The highest BCUT2D eigenvalue weighted by Crippen LogP contribution is 1.97. The number of aliphatic hydroxyl groups is 1. The van der Waals surface area contributed by atoms with E-state index in [-0.39, 0.29) is 12.6 Å².